The zero-order chi connectivity index (χ0) is 13.3. The van der Waals surface area contributed by atoms with Gasteiger partial charge in [-0.2, -0.15) is 0 Å². The first-order chi connectivity index (χ1) is 8.52. The number of hydrogen-bond donors (Lipinski definition) is 0. The van der Waals surface area contributed by atoms with Gasteiger partial charge in [0.2, 0.25) is 5.89 Å². The zero-order valence-electron chi connectivity index (χ0n) is 10.1. The van der Waals surface area contributed by atoms with Crippen molar-refractivity contribution in [3.05, 3.63) is 34.5 Å². The summed E-state index contributed by atoms with van der Waals surface area (Å²) in [5, 5.41) is 0.340. The molecule has 0 saturated heterocycles. The number of rotatable bonds is 3. The van der Waals surface area contributed by atoms with Gasteiger partial charge < -0.3 is 4.42 Å². The zero-order valence-corrected chi connectivity index (χ0v) is 11.6. The number of nitrogens with zero attached hydrogens (tertiary/aromatic N) is 1. The van der Waals surface area contributed by atoms with Crippen molar-refractivity contribution >= 4 is 35.1 Å². The lowest BCUT2D eigenvalue weighted by Gasteiger charge is -2.13. The van der Waals surface area contributed by atoms with Crippen molar-refractivity contribution in [1.82, 2.24) is 4.98 Å². The lowest BCUT2D eigenvalue weighted by molar-refractivity contribution is 0.111. The highest BCUT2D eigenvalue weighted by Crippen LogP contribution is 2.33. The van der Waals surface area contributed by atoms with Gasteiger partial charge in [0.25, 0.3) is 0 Å². The van der Waals surface area contributed by atoms with Gasteiger partial charge in [0.05, 0.1) is 5.38 Å². The average Bonchev–Trinajstić information content (AvgIpc) is 2.77. The molecule has 1 aromatic rings. The van der Waals surface area contributed by atoms with E-state index in [1.54, 1.807) is 6.08 Å². The number of aldehydes is 1. The Morgan fingerprint density at radius 3 is 2.72 bits per heavy atom. The van der Waals surface area contributed by atoms with E-state index >= 15 is 0 Å². The molecule has 1 aromatic heterocycles. The predicted octanol–water partition coefficient (Wildman–Crippen LogP) is 4.13. The summed E-state index contributed by atoms with van der Waals surface area (Å²) in [6, 6.07) is 0. The second-order valence-electron chi connectivity index (χ2n) is 4.46. The second-order valence-corrected chi connectivity index (χ2v) is 5.42. The Morgan fingerprint density at radius 1 is 1.50 bits per heavy atom. The van der Waals surface area contributed by atoms with Crippen LogP contribution in [0.1, 0.15) is 48.3 Å². The summed E-state index contributed by atoms with van der Waals surface area (Å²) in [6.07, 6.45) is 4.82. The Balaban J connectivity index is 2.38. The van der Waals surface area contributed by atoms with Crippen LogP contribution in [-0.4, -0.2) is 16.6 Å². The normalized spacial score (nSPS) is 19.7. The number of allylic oxidation sites excluding steroid dienone is 4. The summed E-state index contributed by atoms with van der Waals surface area (Å²) in [7, 11) is 0. The molecule has 1 heterocycles. The van der Waals surface area contributed by atoms with Crippen LogP contribution < -0.4 is 0 Å². The molecule has 0 fully saturated rings. The molecule has 5 heteroatoms. The molecule has 1 unspecified atom stereocenters. The van der Waals surface area contributed by atoms with Crippen molar-refractivity contribution in [3.63, 3.8) is 0 Å². The third kappa shape index (κ3) is 2.52. The van der Waals surface area contributed by atoms with Crippen LogP contribution in [-0.2, 0) is 0 Å². The fourth-order valence-corrected chi connectivity index (χ4v) is 2.16. The average molecular weight is 286 g/mol. The minimum Gasteiger partial charge on any atom is -0.440 e. The molecule has 1 aliphatic rings. The first kappa shape index (κ1) is 13.4. The van der Waals surface area contributed by atoms with Crippen molar-refractivity contribution in [1.29, 1.82) is 0 Å². The summed E-state index contributed by atoms with van der Waals surface area (Å²) < 4.78 is 5.65. The Kier molecular flexibility index (Phi) is 3.93. The van der Waals surface area contributed by atoms with Gasteiger partial charge in [-0.3, -0.25) is 4.79 Å². The van der Waals surface area contributed by atoms with Crippen LogP contribution in [0.15, 0.2) is 21.6 Å². The second kappa shape index (κ2) is 5.29. The van der Waals surface area contributed by atoms with E-state index < -0.39 is 0 Å². The standard InChI is InChI=1S/C13H13Cl2NO2/c1-7(2)12-11(6-17)16-13(18-12)8-3-4-9(14)10(15)5-8/h3-4,6-7,10H,5H2,1-2H3. The molecule has 0 amide bonds. The molecule has 0 radical (unpaired) electrons. The maximum atomic E-state index is 10.9. The van der Waals surface area contributed by atoms with Gasteiger partial charge in [-0.25, -0.2) is 4.98 Å². The third-order valence-electron chi connectivity index (χ3n) is 2.73. The van der Waals surface area contributed by atoms with Crippen LogP contribution in [0.4, 0.5) is 0 Å². The topological polar surface area (TPSA) is 43.1 Å². The molecule has 0 bridgehead atoms. The van der Waals surface area contributed by atoms with Crippen molar-refractivity contribution < 1.29 is 9.21 Å². The lowest BCUT2D eigenvalue weighted by Crippen LogP contribution is -2.04. The van der Waals surface area contributed by atoms with Crippen LogP contribution in [0.25, 0.3) is 5.57 Å². The number of carbonyl (C=O) groups is 1. The first-order valence-corrected chi connectivity index (χ1v) is 6.51. The van der Waals surface area contributed by atoms with Gasteiger partial charge in [0.15, 0.2) is 6.29 Å². The Bertz CT molecular complexity index is 529. The maximum absolute atomic E-state index is 10.9. The van der Waals surface area contributed by atoms with E-state index in [1.165, 1.54) is 0 Å². The van der Waals surface area contributed by atoms with Crippen LogP contribution in [0, 0.1) is 0 Å². The molecule has 1 aliphatic carbocycles. The fraction of sp³-hybridized carbons (Fsp3) is 0.385. The monoisotopic (exact) mass is 285 g/mol. The summed E-state index contributed by atoms with van der Waals surface area (Å²) >= 11 is 12.0. The smallest absolute Gasteiger partial charge is 0.222 e. The largest absolute Gasteiger partial charge is 0.440 e. The van der Waals surface area contributed by atoms with E-state index in [2.05, 4.69) is 4.98 Å². The molecule has 0 aromatic carbocycles. The molecule has 0 saturated carbocycles. The van der Waals surface area contributed by atoms with Crippen molar-refractivity contribution in [3.8, 4) is 0 Å². The van der Waals surface area contributed by atoms with Crippen molar-refractivity contribution in [2.24, 2.45) is 0 Å². The van der Waals surface area contributed by atoms with E-state index in [0.717, 1.165) is 5.57 Å². The number of alkyl halides is 1. The van der Waals surface area contributed by atoms with E-state index in [4.69, 9.17) is 27.6 Å². The van der Waals surface area contributed by atoms with E-state index in [9.17, 15) is 4.79 Å². The summed E-state index contributed by atoms with van der Waals surface area (Å²) in [5.74, 6) is 1.17. The summed E-state index contributed by atoms with van der Waals surface area (Å²) in [6.45, 7) is 3.90. The van der Waals surface area contributed by atoms with Crippen molar-refractivity contribution in [2.75, 3.05) is 0 Å². The number of halogens is 2. The predicted molar refractivity (Wildman–Crippen MR) is 72.2 cm³/mol. The molecular formula is C13H13Cl2NO2. The first-order valence-electron chi connectivity index (χ1n) is 5.69. The highest BCUT2D eigenvalue weighted by molar-refractivity contribution is 6.38. The van der Waals surface area contributed by atoms with Gasteiger partial charge in [-0.1, -0.05) is 31.5 Å². The van der Waals surface area contributed by atoms with Crippen molar-refractivity contribution in [2.45, 2.75) is 31.6 Å². The molecular weight excluding hydrogens is 273 g/mol. The van der Waals surface area contributed by atoms with Crippen LogP contribution in [0.2, 0.25) is 0 Å². The fourth-order valence-electron chi connectivity index (χ4n) is 1.78. The summed E-state index contributed by atoms with van der Waals surface area (Å²) in [4.78, 5) is 15.1. The van der Waals surface area contributed by atoms with E-state index in [-0.39, 0.29) is 11.3 Å². The molecule has 0 N–H and O–H groups in total. The maximum Gasteiger partial charge on any atom is 0.222 e. The Labute approximate surface area is 115 Å². The Hall–Kier alpha value is -1.06. The van der Waals surface area contributed by atoms with E-state index in [1.807, 2.05) is 19.9 Å². The highest BCUT2D eigenvalue weighted by atomic mass is 35.5. The number of hydrogen-bond acceptors (Lipinski definition) is 3. The highest BCUT2D eigenvalue weighted by Gasteiger charge is 2.22. The molecule has 96 valence electrons. The quantitative estimate of drug-likeness (QED) is 0.620. The van der Waals surface area contributed by atoms with Crippen LogP contribution >= 0.6 is 23.2 Å². The molecule has 0 spiro atoms. The number of oxazole rings is 1. The third-order valence-corrected chi connectivity index (χ3v) is 3.62. The lowest BCUT2D eigenvalue weighted by atomic mass is 10.0. The Morgan fingerprint density at radius 2 is 2.22 bits per heavy atom. The van der Waals surface area contributed by atoms with Gasteiger partial charge in [-0.05, 0) is 12.5 Å². The minimum absolute atomic E-state index is 0.113. The van der Waals surface area contributed by atoms with Gasteiger partial charge >= 0.3 is 0 Å². The molecule has 0 aliphatic heterocycles. The van der Waals surface area contributed by atoms with Gasteiger partial charge in [0.1, 0.15) is 11.5 Å². The number of carbonyl (C=O) groups excluding carboxylic acids is 1. The minimum atomic E-state index is -0.263. The SMILES string of the molecule is CC(C)c1oc(C2=CC=C(Cl)C(Cl)C2)nc1C=O. The van der Waals surface area contributed by atoms with E-state index in [0.29, 0.717) is 35.1 Å². The molecule has 1 atom stereocenters. The summed E-state index contributed by atoms with van der Waals surface area (Å²) in [5.41, 5.74) is 1.21. The molecule has 18 heavy (non-hydrogen) atoms. The van der Waals surface area contributed by atoms with Gasteiger partial charge in [-0.15, -0.1) is 11.6 Å². The van der Waals surface area contributed by atoms with Gasteiger partial charge in [0, 0.05) is 16.5 Å². The van der Waals surface area contributed by atoms with Crippen LogP contribution in [0.3, 0.4) is 0 Å². The molecule has 2 rings (SSSR count). The number of aromatic nitrogens is 1. The van der Waals surface area contributed by atoms with Crippen LogP contribution in [0.5, 0.6) is 0 Å². The molecule has 3 nitrogen and oxygen atoms in total.